The number of hydrogen-bond donors (Lipinski definition) is 2. The summed E-state index contributed by atoms with van der Waals surface area (Å²) in [6, 6.07) is 4.15. The number of amides is 1. The summed E-state index contributed by atoms with van der Waals surface area (Å²) in [4.78, 5) is 14.7. The van der Waals surface area contributed by atoms with Gasteiger partial charge in [-0.25, -0.2) is 0 Å². The summed E-state index contributed by atoms with van der Waals surface area (Å²) in [6.45, 7) is 3.73. The van der Waals surface area contributed by atoms with Crippen molar-refractivity contribution in [3.63, 3.8) is 0 Å². The van der Waals surface area contributed by atoms with Crippen molar-refractivity contribution in [3.05, 3.63) is 21.3 Å². The highest BCUT2D eigenvalue weighted by Crippen LogP contribution is 2.34. The number of halogens is 1. The van der Waals surface area contributed by atoms with Crippen LogP contribution < -0.4 is 11.5 Å². The zero-order valence-electron chi connectivity index (χ0n) is 11.0. The number of carbonyl (C=O) groups excluding carboxylic acids is 1. The second-order valence-electron chi connectivity index (χ2n) is 5.16. The number of thiophene rings is 1. The van der Waals surface area contributed by atoms with Gasteiger partial charge >= 0.3 is 0 Å². The van der Waals surface area contributed by atoms with Gasteiger partial charge in [-0.15, -0.1) is 11.3 Å². The van der Waals surface area contributed by atoms with Crippen LogP contribution in [0.2, 0.25) is 4.34 Å². The zero-order valence-corrected chi connectivity index (χ0v) is 12.6. The molecule has 4 nitrogen and oxygen atoms in total. The predicted molar refractivity (Wildman–Crippen MR) is 79.2 cm³/mol. The molecule has 6 heteroatoms. The maximum atomic E-state index is 11.2. The van der Waals surface area contributed by atoms with Crippen molar-refractivity contribution in [1.82, 2.24) is 4.90 Å². The van der Waals surface area contributed by atoms with Crippen LogP contribution in [0.15, 0.2) is 12.1 Å². The zero-order chi connectivity index (χ0) is 14.0. The molecule has 19 heavy (non-hydrogen) atoms. The molecule has 2 unspecified atom stereocenters. The summed E-state index contributed by atoms with van der Waals surface area (Å²) in [5.74, 6) is -0.173. The summed E-state index contributed by atoms with van der Waals surface area (Å²) >= 11 is 7.59. The average molecular weight is 302 g/mol. The highest BCUT2D eigenvalue weighted by molar-refractivity contribution is 7.16. The van der Waals surface area contributed by atoms with Gasteiger partial charge in [0, 0.05) is 16.8 Å². The lowest BCUT2D eigenvalue weighted by atomic mass is 9.94. The smallest absolute Gasteiger partial charge is 0.220 e. The third-order valence-corrected chi connectivity index (χ3v) is 5.01. The standard InChI is InChI=1S/C13H20ClN3OS/c1-8(15)12(10-2-3-11(14)19-10)17-6-4-9(5-7-17)13(16)18/h2-3,8-9,12H,4-7,15H2,1H3,(H2,16,18). The minimum Gasteiger partial charge on any atom is -0.369 e. The molecule has 0 aliphatic carbocycles. The normalized spacial score (nSPS) is 21.2. The van der Waals surface area contributed by atoms with Crippen LogP contribution in [0.25, 0.3) is 0 Å². The molecule has 2 heterocycles. The summed E-state index contributed by atoms with van der Waals surface area (Å²) in [7, 11) is 0. The summed E-state index contributed by atoms with van der Waals surface area (Å²) in [5.41, 5.74) is 11.5. The summed E-state index contributed by atoms with van der Waals surface area (Å²) < 4.78 is 0.785. The number of nitrogens with zero attached hydrogens (tertiary/aromatic N) is 1. The molecule has 1 fully saturated rings. The largest absolute Gasteiger partial charge is 0.369 e. The van der Waals surface area contributed by atoms with Crippen molar-refractivity contribution in [2.24, 2.45) is 17.4 Å². The topological polar surface area (TPSA) is 72.3 Å². The third kappa shape index (κ3) is 3.48. The first kappa shape index (κ1) is 14.8. The van der Waals surface area contributed by atoms with E-state index in [1.807, 2.05) is 19.1 Å². The van der Waals surface area contributed by atoms with E-state index >= 15 is 0 Å². The molecule has 0 bridgehead atoms. The van der Waals surface area contributed by atoms with E-state index in [-0.39, 0.29) is 23.9 Å². The Morgan fingerprint density at radius 3 is 2.53 bits per heavy atom. The molecule has 1 aromatic heterocycles. The Balaban J connectivity index is 2.07. The second kappa shape index (κ2) is 6.22. The first-order chi connectivity index (χ1) is 8.99. The molecule has 4 N–H and O–H groups in total. The molecular weight excluding hydrogens is 282 g/mol. The lowest BCUT2D eigenvalue weighted by Crippen LogP contribution is -2.45. The van der Waals surface area contributed by atoms with Gasteiger partial charge in [0.2, 0.25) is 5.91 Å². The number of likely N-dealkylation sites (tertiary alicyclic amines) is 1. The van der Waals surface area contributed by atoms with E-state index in [1.54, 1.807) is 11.3 Å². The Morgan fingerprint density at radius 2 is 2.11 bits per heavy atom. The number of carbonyl (C=O) groups is 1. The number of nitrogens with two attached hydrogens (primary N) is 2. The van der Waals surface area contributed by atoms with Gasteiger partial charge in [-0.2, -0.15) is 0 Å². The Morgan fingerprint density at radius 1 is 1.47 bits per heavy atom. The fraction of sp³-hybridized carbons (Fsp3) is 0.615. The van der Waals surface area contributed by atoms with Crippen molar-refractivity contribution in [1.29, 1.82) is 0 Å². The highest BCUT2D eigenvalue weighted by atomic mass is 35.5. The van der Waals surface area contributed by atoms with Crippen molar-refractivity contribution in [2.75, 3.05) is 13.1 Å². The molecule has 1 aliphatic heterocycles. The van der Waals surface area contributed by atoms with Crippen molar-refractivity contribution in [2.45, 2.75) is 31.8 Å². The van der Waals surface area contributed by atoms with E-state index in [0.717, 1.165) is 30.3 Å². The van der Waals surface area contributed by atoms with Crippen molar-refractivity contribution < 1.29 is 4.79 Å². The molecule has 0 saturated carbocycles. The number of primary amides is 1. The molecule has 1 aromatic rings. The quantitative estimate of drug-likeness (QED) is 0.893. The predicted octanol–water partition coefficient (Wildman–Crippen LogP) is 1.99. The molecule has 1 amide bonds. The number of rotatable bonds is 4. The van der Waals surface area contributed by atoms with Gasteiger partial charge in [0.05, 0.1) is 10.4 Å². The van der Waals surface area contributed by atoms with E-state index in [4.69, 9.17) is 23.1 Å². The SMILES string of the molecule is CC(N)C(c1ccc(Cl)s1)N1CCC(C(N)=O)CC1. The maximum Gasteiger partial charge on any atom is 0.220 e. The van der Waals surface area contributed by atoms with E-state index < -0.39 is 0 Å². The molecule has 106 valence electrons. The van der Waals surface area contributed by atoms with Crippen LogP contribution in [0, 0.1) is 5.92 Å². The lowest BCUT2D eigenvalue weighted by Gasteiger charge is -2.38. The summed E-state index contributed by atoms with van der Waals surface area (Å²) in [6.07, 6.45) is 1.63. The van der Waals surface area contributed by atoms with Crippen molar-refractivity contribution >= 4 is 28.8 Å². The Bertz CT molecular complexity index is 441. The number of hydrogen-bond acceptors (Lipinski definition) is 4. The molecule has 2 rings (SSSR count). The van der Waals surface area contributed by atoms with Crippen LogP contribution >= 0.6 is 22.9 Å². The van der Waals surface area contributed by atoms with Gasteiger partial charge in [0.15, 0.2) is 0 Å². The van der Waals surface area contributed by atoms with E-state index in [0.29, 0.717) is 0 Å². The average Bonchev–Trinajstić information content (AvgIpc) is 2.76. The molecule has 0 radical (unpaired) electrons. The molecule has 2 atom stereocenters. The van der Waals surface area contributed by atoms with Crippen LogP contribution in [0.1, 0.15) is 30.7 Å². The molecule has 0 spiro atoms. The molecule has 1 saturated heterocycles. The Hall–Kier alpha value is -0.620. The summed E-state index contributed by atoms with van der Waals surface area (Å²) in [5, 5.41) is 0. The van der Waals surface area contributed by atoms with Crippen LogP contribution in [0.4, 0.5) is 0 Å². The van der Waals surface area contributed by atoms with Crippen LogP contribution in [-0.2, 0) is 4.79 Å². The number of piperidine rings is 1. The van der Waals surface area contributed by atoms with Crippen LogP contribution in [0.5, 0.6) is 0 Å². The fourth-order valence-electron chi connectivity index (χ4n) is 2.72. The van der Waals surface area contributed by atoms with E-state index in [1.165, 1.54) is 4.88 Å². The Labute approximate surface area is 122 Å². The highest BCUT2D eigenvalue weighted by Gasteiger charge is 2.30. The van der Waals surface area contributed by atoms with Crippen molar-refractivity contribution in [3.8, 4) is 0 Å². The van der Waals surface area contributed by atoms with Gasteiger partial charge < -0.3 is 11.5 Å². The first-order valence-electron chi connectivity index (χ1n) is 6.53. The minimum atomic E-state index is -0.184. The Kier molecular flexibility index (Phi) is 4.84. The molecular formula is C13H20ClN3OS. The molecule has 0 aromatic carbocycles. The second-order valence-corrected chi connectivity index (χ2v) is 6.91. The van der Waals surface area contributed by atoms with Gasteiger partial charge in [-0.05, 0) is 45.0 Å². The van der Waals surface area contributed by atoms with E-state index in [2.05, 4.69) is 4.90 Å². The first-order valence-corrected chi connectivity index (χ1v) is 7.72. The van der Waals surface area contributed by atoms with Crippen LogP contribution in [0.3, 0.4) is 0 Å². The van der Waals surface area contributed by atoms with Crippen LogP contribution in [-0.4, -0.2) is 29.9 Å². The fourth-order valence-corrected chi connectivity index (χ4v) is 4.03. The third-order valence-electron chi connectivity index (χ3n) is 3.71. The van der Waals surface area contributed by atoms with E-state index in [9.17, 15) is 4.79 Å². The lowest BCUT2D eigenvalue weighted by molar-refractivity contribution is -0.123. The van der Waals surface area contributed by atoms with Gasteiger partial charge in [-0.3, -0.25) is 9.69 Å². The molecule has 1 aliphatic rings. The minimum absolute atomic E-state index is 0.0110. The van der Waals surface area contributed by atoms with Gasteiger partial charge in [0.1, 0.15) is 0 Å². The maximum absolute atomic E-state index is 11.2. The van der Waals surface area contributed by atoms with Gasteiger partial charge in [0.25, 0.3) is 0 Å². The monoisotopic (exact) mass is 301 g/mol. The van der Waals surface area contributed by atoms with Gasteiger partial charge in [-0.1, -0.05) is 11.6 Å².